The molecule has 2 heteroatoms. The van der Waals surface area contributed by atoms with E-state index in [2.05, 4.69) is 4.98 Å². The lowest BCUT2D eigenvalue weighted by Crippen LogP contribution is -1.85. The van der Waals surface area contributed by atoms with Gasteiger partial charge in [0.25, 0.3) is 0 Å². The van der Waals surface area contributed by atoms with Crippen molar-refractivity contribution < 1.29 is 4.42 Å². The molecule has 54 valence electrons. The summed E-state index contributed by atoms with van der Waals surface area (Å²) in [6.45, 7) is 0. The minimum Gasteiger partial charge on any atom is -0.448 e. The number of oxazole rings is 1. The second kappa shape index (κ2) is 2.45. The van der Waals surface area contributed by atoms with Crippen LogP contribution in [0.25, 0.3) is 0 Å². The lowest BCUT2D eigenvalue weighted by Gasteiger charge is -1.89. The molecule has 0 saturated heterocycles. The summed E-state index contributed by atoms with van der Waals surface area (Å²) in [5.41, 5.74) is 1.19. The van der Waals surface area contributed by atoms with Crippen molar-refractivity contribution >= 4 is 0 Å². The number of hydrogen-bond donors (Lipinski definition) is 0. The number of hydrogen-bond acceptors (Lipinski definition) is 2. The first-order valence-corrected chi connectivity index (χ1v) is 3.88. The summed E-state index contributed by atoms with van der Waals surface area (Å²) >= 11 is 0. The fraction of sp³-hybridized carbons (Fsp3) is 0.625. The second-order valence-corrected chi connectivity index (χ2v) is 2.78. The quantitative estimate of drug-likeness (QED) is 0.511. The normalized spacial score (nSPS) is 18.0. The summed E-state index contributed by atoms with van der Waals surface area (Å²) in [4.78, 5) is 4.15. The predicted molar refractivity (Wildman–Crippen MR) is 37.8 cm³/mol. The van der Waals surface area contributed by atoms with E-state index < -0.39 is 0 Å². The molecule has 1 aliphatic rings. The second-order valence-electron chi connectivity index (χ2n) is 2.78. The Kier molecular flexibility index (Phi) is 1.46. The van der Waals surface area contributed by atoms with Crippen molar-refractivity contribution in [3.05, 3.63) is 17.8 Å². The van der Waals surface area contributed by atoms with E-state index >= 15 is 0 Å². The molecular formula is C8H11NO. The van der Waals surface area contributed by atoms with Crippen LogP contribution in [0.1, 0.15) is 30.7 Å². The van der Waals surface area contributed by atoms with Gasteiger partial charge in [0.15, 0.2) is 6.39 Å². The van der Waals surface area contributed by atoms with Gasteiger partial charge in [0, 0.05) is 6.42 Å². The molecule has 1 aliphatic carbocycles. The number of nitrogens with zero attached hydrogens (tertiary/aromatic N) is 1. The van der Waals surface area contributed by atoms with Crippen molar-refractivity contribution in [2.45, 2.75) is 32.1 Å². The third-order valence-electron chi connectivity index (χ3n) is 2.04. The summed E-state index contributed by atoms with van der Waals surface area (Å²) in [5.74, 6) is 1.12. The fourth-order valence-corrected chi connectivity index (χ4v) is 1.46. The topological polar surface area (TPSA) is 26.0 Å². The minimum atomic E-state index is 1.09. The molecule has 0 spiro atoms. The maximum Gasteiger partial charge on any atom is 0.181 e. The third kappa shape index (κ3) is 0.939. The zero-order chi connectivity index (χ0) is 6.81. The highest BCUT2D eigenvalue weighted by Crippen LogP contribution is 2.18. The number of aromatic nitrogens is 1. The lowest BCUT2D eigenvalue weighted by atomic mass is 10.2. The van der Waals surface area contributed by atoms with Crippen LogP contribution in [0.5, 0.6) is 0 Å². The van der Waals surface area contributed by atoms with E-state index in [-0.39, 0.29) is 0 Å². The Morgan fingerprint density at radius 2 is 2.10 bits per heavy atom. The van der Waals surface area contributed by atoms with Crippen molar-refractivity contribution in [3.8, 4) is 0 Å². The highest BCUT2D eigenvalue weighted by atomic mass is 16.3. The summed E-state index contributed by atoms with van der Waals surface area (Å²) in [6, 6.07) is 0. The molecule has 0 radical (unpaired) electrons. The van der Waals surface area contributed by atoms with Crippen molar-refractivity contribution in [1.29, 1.82) is 0 Å². The third-order valence-corrected chi connectivity index (χ3v) is 2.04. The molecule has 0 aromatic carbocycles. The van der Waals surface area contributed by atoms with E-state index in [1.165, 1.54) is 25.0 Å². The van der Waals surface area contributed by atoms with Crippen LogP contribution in [0.2, 0.25) is 0 Å². The smallest absolute Gasteiger partial charge is 0.181 e. The average Bonchev–Trinajstić information content (AvgIpc) is 2.28. The standard InChI is InChI=1S/C8H11NO/c1-2-4-7-8(5-3-1)10-6-9-7/h6H,1-5H2. The van der Waals surface area contributed by atoms with Crippen molar-refractivity contribution in [2.75, 3.05) is 0 Å². The van der Waals surface area contributed by atoms with E-state index in [0.29, 0.717) is 0 Å². The number of fused-ring (bicyclic) bond motifs is 1. The van der Waals surface area contributed by atoms with Crippen LogP contribution in [0.3, 0.4) is 0 Å². The molecule has 2 nitrogen and oxygen atoms in total. The molecule has 0 N–H and O–H groups in total. The van der Waals surface area contributed by atoms with E-state index in [9.17, 15) is 0 Å². The Balaban J connectivity index is 2.28. The van der Waals surface area contributed by atoms with Gasteiger partial charge >= 0.3 is 0 Å². The highest BCUT2D eigenvalue weighted by Gasteiger charge is 2.10. The van der Waals surface area contributed by atoms with Gasteiger partial charge in [-0.05, 0) is 19.3 Å². The van der Waals surface area contributed by atoms with Gasteiger partial charge in [-0.25, -0.2) is 4.98 Å². The molecular weight excluding hydrogens is 126 g/mol. The summed E-state index contributed by atoms with van der Waals surface area (Å²) in [7, 11) is 0. The Labute approximate surface area is 60.3 Å². The molecule has 0 saturated carbocycles. The molecule has 0 unspecified atom stereocenters. The van der Waals surface area contributed by atoms with Crippen LogP contribution in [-0.4, -0.2) is 4.98 Å². The van der Waals surface area contributed by atoms with E-state index in [1.807, 2.05) is 0 Å². The van der Waals surface area contributed by atoms with Crippen LogP contribution in [-0.2, 0) is 12.8 Å². The van der Waals surface area contributed by atoms with Gasteiger partial charge in [0.1, 0.15) is 5.76 Å². The molecule has 1 aromatic heterocycles. The molecule has 0 amide bonds. The minimum absolute atomic E-state index is 1.09. The van der Waals surface area contributed by atoms with Crippen LogP contribution in [0, 0.1) is 0 Å². The van der Waals surface area contributed by atoms with Gasteiger partial charge in [-0.2, -0.15) is 0 Å². The monoisotopic (exact) mass is 137 g/mol. The number of aryl methyl sites for hydroxylation is 2. The van der Waals surface area contributed by atoms with Gasteiger partial charge in [-0.1, -0.05) is 6.42 Å². The van der Waals surface area contributed by atoms with Crippen molar-refractivity contribution in [1.82, 2.24) is 4.98 Å². The molecule has 1 aromatic rings. The van der Waals surface area contributed by atoms with Crippen LogP contribution in [0.4, 0.5) is 0 Å². The largest absolute Gasteiger partial charge is 0.448 e. The lowest BCUT2D eigenvalue weighted by molar-refractivity contribution is 0.496. The summed E-state index contributed by atoms with van der Waals surface area (Å²) < 4.78 is 5.22. The van der Waals surface area contributed by atoms with Crippen LogP contribution in [0.15, 0.2) is 10.8 Å². The molecule has 0 bridgehead atoms. The summed E-state index contributed by atoms with van der Waals surface area (Å²) in [5, 5.41) is 0. The zero-order valence-electron chi connectivity index (χ0n) is 5.97. The zero-order valence-corrected chi connectivity index (χ0v) is 5.97. The molecule has 2 rings (SSSR count). The predicted octanol–water partition coefficient (Wildman–Crippen LogP) is 1.94. The van der Waals surface area contributed by atoms with Gasteiger partial charge in [-0.15, -0.1) is 0 Å². The molecule has 1 heterocycles. The van der Waals surface area contributed by atoms with Gasteiger partial charge in [0.05, 0.1) is 5.69 Å². The van der Waals surface area contributed by atoms with Crippen molar-refractivity contribution in [2.24, 2.45) is 0 Å². The first kappa shape index (κ1) is 5.96. The average molecular weight is 137 g/mol. The Hall–Kier alpha value is -0.790. The molecule has 0 fully saturated rings. The highest BCUT2D eigenvalue weighted by molar-refractivity contribution is 5.08. The maximum atomic E-state index is 5.22. The van der Waals surface area contributed by atoms with Crippen molar-refractivity contribution in [3.63, 3.8) is 0 Å². The Morgan fingerprint density at radius 1 is 1.20 bits per heavy atom. The van der Waals surface area contributed by atoms with E-state index in [1.54, 1.807) is 6.39 Å². The SMILES string of the molecule is c1nc2c(o1)CCCCC2. The van der Waals surface area contributed by atoms with Gasteiger partial charge < -0.3 is 4.42 Å². The fourth-order valence-electron chi connectivity index (χ4n) is 1.46. The first-order chi connectivity index (χ1) is 4.97. The van der Waals surface area contributed by atoms with E-state index in [0.717, 1.165) is 18.6 Å². The molecule has 10 heavy (non-hydrogen) atoms. The van der Waals surface area contributed by atoms with Gasteiger partial charge in [0.2, 0.25) is 0 Å². The van der Waals surface area contributed by atoms with Gasteiger partial charge in [-0.3, -0.25) is 0 Å². The van der Waals surface area contributed by atoms with Crippen LogP contribution < -0.4 is 0 Å². The Morgan fingerprint density at radius 3 is 3.10 bits per heavy atom. The number of rotatable bonds is 0. The van der Waals surface area contributed by atoms with Crippen LogP contribution >= 0.6 is 0 Å². The maximum absolute atomic E-state index is 5.22. The molecule has 0 atom stereocenters. The Bertz CT molecular complexity index is 196. The molecule has 0 aliphatic heterocycles. The summed E-state index contributed by atoms with van der Waals surface area (Å²) in [6.07, 6.45) is 7.64. The first-order valence-electron chi connectivity index (χ1n) is 3.88. The van der Waals surface area contributed by atoms with E-state index in [4.69, 9.17) is 4.42 Å².